The topological polar surface area (TPSA) is 101 Å². The highest BCUT2D eigenvalue weighted by Gasteiger charge is 2.20. The number of carboxylic acids is 1. The molecule has 2 rings (SSSR count). The van der Waals surface area contributed by atoms with Gasteiger partial charge in [-0.15, -0.1) is 0 Å². The lowest BCUT2D eigenvalue weighted by Gasteiger charge is -2.06. The summed E-state index contributed by atoms with van der Waals surface area (Å²) in [5, 5.41) is 8.95. The van der Waals surface area contributed by atoms with Crippen molar-refractivity contribution >= 4 is 37.7 Å². The van der Waals surface area contributed by atoms with Gasteiger partial charge in [-0.05, 0) is 40.5 Å². The molecule has 0 bridgehead atoms. The van der Waals surface area contributed by atoms with Crippen molar-refractivity contribution in [3.8, 4) is 0 Å². The van der Waals surface area contributed by atoms with Gasteiger partial charge < -0.3 is 9.67 Å². The van der Waals surface area contributed by atoms with Crippen LogP contribution in [0.5, 0.6) is 0 Å². The van der Waals surface area contributed by atoms with E-state index in [1.54, 1.807) is 13.0 Å². The molecular weight excluding hydrogens is 362 g/mol. The average molecular weight is 374 g/mol. The Morgan fingerprint density at radius 3 is 2.62 bits per heavy atom. The van der Waals surface area contributed by atoms with Gasteiger partial charge in [-0.25, -0.2) is 18.2 Å². The summed E-state index contributed by atoms with van der Waals surface area (Å²) >= 11 is 3.27. The third kappa shape index (κ3) is 3.24. The smallest absolute Gasteiger partial charge is 0.352 e. The number of anilines is 1. The molecule has 2 heterocycles. The van der Waals surface area contributed by atoms with Gasteiger partial charge in [0.05, 0.1) is 0 Å². The molecule has 2 aromatic rings. The number of pyridine rings is 1. The molecule has 0 aliphatic heterocycles. The fourth-order valence-electron chi connectivity index (χ4n) is 1.69. The van der Waals surface area contributed by atoms with Crippen LogP contribution in [0.15, 0.2) is 33.9 Å². The normalized spacial score (nSPS) is 11.4. The Labute approximate surface area is 129 Å². The van der Waals surface area contributed by atoms with E-state index in [0.717, 1.165) is 16.1 Å². The largest absolute Gasteiger partial charge is 0.477 e. The molecule has 0 aliphatic rings. The maximum Gasteiger partial charge on any atom is 0.352 e. The summed E-state index contributed by atoms with van der Waals surface area (Å²) in [5.74, 6) is -1.03. The number of carboxylic acid groups (broad SMARTS) is 1. The minimum absolute atomic E-state index is 0.115. The molecule has 0 aromatic carbocycles. The zero-order valence-corrected chi connectivity index (χ0v) is 13.6. The van der Waals surface area contributed by atoms with E-state index in [-0.39, 0.29) is 16.4 Å². The van der Waals surface area contributed by atoms with Crippen molar-refractivity contribution in [2.24, 2.45) is 7.05 Å². The van der Waals surface area contributed by atoms with Crippen LogP contribution < -0.4 is 4.72 Å². The second-order valence-corrected chi connectivity index (χ2v) is 6.94. The molecule has 9 heteroatoms. The molecule has 2 N–H and O–H groups in total. The summed E-state index contributed by atoms with van der Waals surface area (Å²) in [4.78, 5) is 14.8. The van der Waals surface area contributed by atoms with Gasteiger partial charge in [-0.2, -0.15) is 0 Å². The number of halogens is 1. The number of aromatic nitrogens is 2. The van der Waals surface area contributed by atoms with E-state index in [9.17, 15) is 13.2 Å². The third-order valence-electron chi connectivity index (χ3n) is 2.80. The van der Waals surface area contributed by atoms with Gasteiger partial charge in [0, 0.05) is 23.9 Å². The Bertz CT molecular complexity index is 814. The standard InChI is InChI=1S/C12H12BrN3O4S/c1-7-3-11(14-5-9(7)13)15-21(19,20)8-4-10(12(17)18)16(2)6-8/h3-6H,1-2H3,(H,14,15)(H,17,18). The summed E-state index contributed by atoms with van der Waals surface area (Å²) in [7, 11) is -2.43. The minimum Gasteiger partial charge on any atom is -0.477 e. The molecule has 0 atom stereocenters. The molecule has 0 spiro atoms. The number of hydrogen-bond donors (Lipinski definition) is 2. The van der Waals surface area contributed by atoms with Crippen LogP contribution >= 0.6 is 15.9 Å². The molecule has 0 saturated carbocycles. The summed E-state index contributed by atoms with van der Waals surface area (Å²) in [6.07, 6.45) is 2.72. The molecule has 0 unspecified atom stereocenters. The highest BCUT2D eigenvalue weighted by atomic mass is 79.9. The number of rotatable bonds is 4. The maximum absolute atomic E-state index is 12.2. The van der Waals surface area contributed by atoms with Crippen molar-refractivity contribution in [1.29, 1.82) is 0 Å². The average Bonchev–Trinajstić information content (AvgIpc) is 2.77. The van der Waals surface area contributed by atoms with E-state index < -0.39 is 16.0 Å². The van der Waals surface area contributed by atoms with Crippen LogP contribution in [-0.2, 0) is 17.1 Å². The predicted molar refractivity (Wildman–Crippen MR) is 79.9 cm³/mol. The predicted octanol–water partition coefficient (Wildman–Crippen LogP) is 1.99. The second kappa shape index (κ2) is 5.49. The van der Waals surface area contributed by atoms with Gasteiger partial charge in [0.15, 0.2) is 0 Å². The Morgan fingerprint density at radius 2 is 2.10 bits per heavy atom. The molecule has 112 valence electrons. The molecule has 2 aromatic heterocycles. The summed E-state index contributed by atoms with van der Waals surface area (Å²) in [6, 6.07) is 2.67. The molecular formula is C12H12BrN3O4S. The lowest BCUT2D eigenvalue weighted by molar-refractivity contribution is 0.0686. The zero-order chi connectivity index (χ0) is 15.8. The van der Waals surface area contributed by atoms with E-state index in [2.05, 4.69) is 25.6 Å². The van der Waals surface area contributed by atoms with Crippen LogP contribution in [0.25, 0.3) is 0 Å². The summed E-state index contributed by atoms with van der Waals surface area (Å²) < 4.78 is 28.7. The number of aryl methyl sites for hydroxylation is 2. The molecule has 7 nitrogen and oxygen atoms in total. The molecule has 0 amide bonds. The van der Waals surface area contributed by atoms with Gasteiger partial charge >= 0.3 is 5.97 Å². The van der Waals surface area contributed by atoms with E-state index in [4.69, 9.17) is 5.11 Å². The van der Waals surface area contributed by atoms with Gasteiger partial charge in [-0.3, -0.25) is 4.72 Å². The van der Waals surface area contributed by atoms with Crippen molar-refractivity contribution in [1.82, 2.24) is 9.55 Å². The zero-order valence-electron chi connectivity index (χ0n) is 11.2. The number of nitrogens with zero attached hydrogens (tertiary/aromatic N) is 2. The lowest BCUT2D eigenvalue weighted by atomic mass is 10.3. The van der Waals surface area contributed by atoms with Gasteiger partial charge in [-0.1, -0.05) is 0 Å². The molecule has 21 heavy (non-hydrogen) atoms. The van der Waals surface area contributed by atoms with Crippen molar-refractivity contribution in [2.45, 2.75) is 11.8 Å². The number of aromatic carboxylic acids is 1. The van der Waals surface area contributed by atoms with E-state index in [0.29, 0.717) is 0 Å². The third-order valence-corrected chi connectivity index (χ3v) is 4.95. The highest BCUT2D eigenvalue weighted by Crippen LogP contribution is 2.21. The van der Waals surface area contributed by atoms with Crippen molar-refractivity contribution < 1.29 is 18.3 Å². The van der Waals surface area contributed by atoms with Crippen LogP contribution in [0.2, 0.25) is 0 Å². The van der Waals surface area contributed by atoms with Gasteiger partial charge in [0.2, 0.25) is 0 Å². The number of hydrogen-bond acceptors (Lipinski definition) is 4. The van der Waals surface area contributed by atoms with Gasteiger partial charge in [0.25, 0.3) is 10.0 Å². The fraction of sp³-hybridized carbons (Fsp3) is 0.167. The van der Waals surface area contributed by atoms with Crippen LogP contribution in [0, 0.1) is 6.92 Å². The Hall–Kier alpha value is -1.87. The number of carbonyl (C=O) groups is 1. The summed E-state index contributed by atoms with van der Waals surface area (Å²) in [6.45, 7) is 1.80. The minimum atomic E-state index is -3.89. The fourth-order valence-corrected chi connectivity index (χ4v) is 2.97. The highest BCUT2D eigenvalue weighted by molar-refractivity contribution is 9.10. The number of nitrogens with one attached hydrogen (secondary N) is 1. The van der Waals surface area contributed by atoms with E-state index in [1.807, 2.05) is 0 Å². The van der Waals surface area contributed by atoms with Crippen molar-refractivity contribution in [3.63, 3.8) is 0 Å². The Balaban J connectivity index is 2.36. The van der Waals surface area contributed by atoms with Crippen molar-refractivity contribution in [3.05, 3.63) is 40.3 Å². The van der Waals surface area contributed by atoms with Crippen LogP contribution in [-0.4, -0.2) is 29.0 Å². The number of sulfonamides is 1. The maximum atomic E-state index is 12.2. The lowest BCUT2D eigenvalue weighted by Crippen LogP contribution is -2.13. The first-order valence-corrected chi connectivity index (χ1v) is 8.03. The van der Waals surface area contributed by atoms with E-state index >= 15 is 0 Å². The Morgan fingerprint density at radius 1 is 1.43 bits per heavy atom. The molecule has 0 radical (unpaired) electrons. The molecule has 0 aliphatic carbocycles. The molecule has 0 fully saturated rings. The SMILES string of the molecule is Cc1cc(NS(=O)(=O)c2cc(C(=O)O)n(C)c2)ncc1Br. The van der Waals surface area contributed by atoms with E-state index in [1.165, 1.54) is 24.0 Å². The second-order valence-electron chi connectivity index (χ2n) is 4.40. The van der Waals surface area contributed by atoms with Gasteiger partial charge in [0.1, 0.15) is 16.4 Å². The first kappa shape index (κ1) is 15.5. The van der Waals surface area contributed by atoms with Crippen LogP contribution in [0.3, 0.4) is 0 Å². The first-order chi connectivity index (χ1) is 9.70. The van der Waals surface area contributed by atoms with Crippen LogP contribution in [0.1, 0.15) is 16.1 Å². The quantitative estimate of drug-likeness (QED) is 0.852. The van der Waals surface area contributed by atoms with Crippen molar-refractivity contribution in [2.75, 3.05) is 4.72 Å². The summed E-state index contributed by atoms with van der Waals surface area (Å²) in [5.41, 5.74) is 0.706. The first-order valence-electron chi connectivity index (χ1n) is 5.75. The molecule has 0 saturated heterocycles. The monoisotopic (exact) mass is 373 g/mol. The van der Waals surface area contributed by atoms with Crippen LogP contribution in [0.4, 0.5) is 5.82 Å². The Kier molecular flexibility index (Phi) is 4.06.